The van der Waals surface area contributed by atoms with Gasteiger partial charge in [-0.15, -0.1) is 0 Å². The van der Waals surface area contributed by atoms with Gasteiger partial charge >= 0.3 is 0 Å². The first-order chi connectivity index (χ1) is 7.20. The largest absolute Gasteiger partial charge is 0.389 e. The summed E-state index contributed by atoms with van der Waals surface area (Å²) >= 11 is 0. The van der Waals surface area contributed by atoms with Gasteiger partial charge in [-0.05, 0) is 45.7 Å². The first-order valence-electron chi connectivity index (χ1n) is 6.33. The predicted octanol–water partition coefficient (Wildman–Crippen LogP) is 0.975. The van der Waals surface area contributed by atoms with Crippen LogP contribution in [0.5, 0.6) is 0 Å². The van der Waals surface area contributed by atoms with Gasteiger partial charge in [0, 0.05) is 19.1 Å². The van der Waals surface area contributed by atoms with Crippen molar-refractivity contribution in [3.63, 3.8) is 0 Å². The monoisotopic (exact) mass is 212 g/mol. The average Bonchev–Trinajstić information content (AvgIpc) is 2.18. The van der Waals surface area contributed by atoms with E-state index >= 15 is 0 Å². The summed E-state index contributed by atoms with van der Waals surface area (Å²) in [6, 6.07) is 0.683. The van der Waals surface area contributed by atoms with Crippen molar-refractivity contribution in [3.8, 4) is 0 Å². The predicted molar refractivity (Wildman–Crippen MR) is 61.9 cm³/mol. The highest BCUT2D eigenvalue weighted by atomic mass is 16.3. The molecule has 0 radical (unpaired) electrons. The van der Waals surface area contributed by atoms with Crippen molar-refractivity contribution < 1.29 is 5.11 Å². The van der Waals surface area contributed by atoms with Gasteiger partial charge in [-0.3, -0.25) is 0 Å². The van der Waals surface area contributed by atoms with Crippen LogP contribution in [0.4, 0.5) is 0 Å². The molecule has 0 aromatic carbocycles. The minimum Gasteiger partial charge on any atom is -0.389 e. The molecule has 1 unspecified atom stereocenters. The van der Waals surface area contributed by atoms with Crippen molar-refractivity contribution in [3.05, 3.63) is 0 Å². The van der Waals surface area contributed by atoms with Crippen molar-refractivity contribution in [2.45, 2.75) is 50.2 Å². The third-order valence-corrected chi connectivity index (χ3v) is 4.04. The minimum atomic E-state index is -0.368. The smallest absolute Gasteiger partial charge is 0.0771 e. The summed E-state index contributed by atoms with van der Waals surface area (Å²) in [5.41, 5.74) is -0.368. The van der Waals surface area contributed by atoms with E-state index < -0.39 is 0 Å². The number of hydrogen-bond donors (Lipinski definition) is 2. The standard InChI is InChI=1S/C12H24N2O/c1-14-8-3-2-5-11(14)9-13-10-12(15)6-4-7-12/h11,13,15H,2-10H2,1H3. The molecule has 88 valence electrons. The third-order valence-electron chi connectivity index (χ3n) is 4.04. The fraction of sp³-hybridized carbons (Fsp3) is 1.00. The summed E-state index contributed by atoms with van der Waals surface area (Å²) in [4.78, 5) is 2.45. The van der Waals surface area contributed by atoms with Crippen LogP contribution in [0.25, 0.3) is 0 Å². The Labute approximate surface area is 92.8 Å². The number of piperidine rings is 1. The van der Waals surface area contributed by atoms with Gasteiger partial charge < -0.3 is 15.3 Å². The van der Waals surface area contributed by atoms with Crippen LogP contribution in [0.2, 0.25) is 0 Å². The molecule has 2 N–H and O–H groups in total. The number of likely N-dealkylation sites (tertiary alicyclic amines) is 1. The van der Waals surface area contributed by atoms with Gasteiger partial charge in [0.05, 0.1) is 5.60 Å². The van der Waals surface area contributed by atoms with E-state index in [2.05, 4.69) is 17.3 Å². The molecule has 0 aromatic heterocycles. The SMILES string of the molecule is CN1CCCCC1CNCC1(O)CCC1. The fourth-order valence-electron chi connectivity index (χ4n) is 2.64. The van der Waals surface area contributed by atoms with E-state index in [9.17, 15) is 5.11 Å². The van der Waals surface area contributed by atoms with Crippen LogP contribution >= 0.6 is 0 Å². The zero-order valence-electron chi connectivity index (χ0n) is 9.84. The Bertz CT molecular complexity index is 204. The second kappa shape index (κ2) is 4.81. The molecule has 1 atom stereocenters. The highest BCUT2D eigenvalue weighted by molar-refractivity contribution is 4.90. The maximum Gasteiger partial charge on any atom is 0.0771 e. The number of rotatable bonds is 4. The van der Waals surface area contributed by atoms with Crippen LogP contribution in [0.1, 0.15) is 38.5 Å². The second-order valence-corrected chi connectivity index (χ2v) is 5.34. The Kier molecular flexibility index (Phi) is 3.65. The number of likely N-dealkylation sites (N-methyl/N-ethyl adjacent to an activating group) is 1. The Morgan fingerprint density at radius 2 is 2.13 bits per heavy atom. The molecule has 1 aliphatic heterocycles. The van der Waals surface area contributed by atoms with E-state index in [0.29, 0.717) is 6.04 Å². The topological polar surface area (TPSA) is 35.5 Å². The van der Waals surface area contributed by atoms with Gasteiger partial charge in [-0.2, -0.15) is 0 Å². The molecule has 2 aliphatic rings. The Morgan fingerprint density at radius 3 is 2.73 bits per heavy atom. The van der Waals surface area contributed by atoms with Crippen molar-refractivity contribution in [1.82, 2.24) is 10.2 Å². The number of nitrogens with one attached hydrogen (secondary N) is 1. The second-order valence-electron chi connectivity index (χ2n) is 5.34. The van der Waals surface area contributed by atoms with Crippen LogP contribution in [0, 0.1) is 0 Å². The molecule has 1 saturated heterocycles. The van der Waals surface area contributed by atoms with E-state index in [1.54, 1.807) is 0 Å². The summed E-state index contributed by atoms with van der Waals surface area (Å²) in [6.45, 7) is 3.06. The molecule has 0 amide bonds. The molecule has 2 rings (SSSR count). The van der Waals surface area contributed by atoms with E-state index in [0.717, 1.165) is 25.9 Å². The highest BCUT2D eigenvalue weighted by Gasteiger charge is 2.34. The van der Waals surface area contributed by atoms with E-state index in [-0.39, 0.29) is 5.60 Å². The lowest BCUT2D eigenvalue weighted by Crippen LogP contribution is -2.50. The molecule has 2 fully saturated rings. The van der Waals surface area contributed by atoms with Crippen LogP contribution in [0.15, 0.2) is 0 Å². The Balaban J connectivity index is 1.64. The fourth-order valence-corrected chi connectivity index (χ4v) is 2.64. The summed E-state index contributed by atoms with van der Waals surface area (Å²) in [7, 11) is 2.21. The maximum atomic E-state index is 9.93. The molecule has 1 aliphatic carbocycles. The van der Waals surface area contributed by atoms with Crippen LogP contribution in [-0.2, 0) is 0 Å². The molecule has 0 bridgehead atoms. The highest BCUT2D eigenvalue weighted by Crippen LogP contribution is 2.30. The zero-order valence-corrected chi connectivity index (χ0v) is 9.84. The molecule has 1 saturated carbocycles. The lowest BCUT2D eigenvalue weighted by molar-refractivity contribution is -0.0323. The Morgan fingerprint density at radius 1 is 1.33 bits per heavy atom. The molecule has 0 aromatic rings. The maximum absolute atomic E-state index is 9.93. The zero-order chi connectivity index (χ0) is 10.7. The van der Waals surface area contributed by atoms with Crippen molar-refractivity contribution in [2.75, 3.05) is 26.7 Å². The molecule has 1 heterocycles. The molecule has 3 heteroatoms. The average molecular weight is 212 g/mol. The van der Waals surface area contributed by atoms with Gasteiger partial charge in [0.15, 0.2) is 0 Å². The van der Waals surface area contributed by atoms with Gasteiger partial charge in [0.1, 0.15) is 0 Å². The minimum absolute atomic E-state index is 0.368. The van der Waals surface area contributed by atoms with Crippen LogP contribution in [0.3, 0.4) is 0 Å². The lowest BCUT2D eigenvalue weighted by atomic mass is 9.80. The van der Waals surface area contributed by atoms with Crippen molar-refractivity contribution in [1.29, 1.82) is 0 Å². The number of aliphatic hydroxyl groups is 1. The number of nitrogens with zero attached hydrogens (tertiary/aromatic N) is 1. The van der Waals surface area contributed by atoms with E-state index in [4.69, 9.17) is 0 Å². The normalized spacial score (nSPS) is 31.2. The van der Waals surface area contributed by atoms with Gasteiger partial charge in [-0.1, -0.05) is 6.42 Å². The first-order valence-corrected chi connectivity index (χ1v) is 6.33. The van der Waals surface area contributed by atoms with Crippen LogP contribution in [-0.4, -0.2) is 48.3 Å². The summed E-state index contributed by atoms with van der Waals surface area (Å²) in [5.74, 6) is 0. The first kappa shape index (κ1) is 11.4. The molecular formula is C12H24N2O. The van der Waals surface area contributed by atoms with Crippen LogP contribution < -0.4 is 5.32 Å². The van der Waals surface area contributed by atoms with Crippen molar-refractivity contribution >= 4 is 0 Å². The quantitative estimate of drug-likeness (QED) is 0.729. The number of hydrogen-bond acceptors (Lipinski definition) is 3. The van der Waals surface area contributed by atoms with Gasteiger partial charge in [0.25, 0.3) is 0 Å². The lowest BCUT2D eigenvalue weighted by Gasteiger charge is -2.38. The molecule has 0 spiro atoms. The third kappa shape index (κ3) is 2.92. The molecule has 3 nitrogen and oxygen atoms in total. The molecular weight excluding hydrogens is 188 g/mol. The van der Waals surface area contributed by atoms with Gasteiger partial charge in [0.2, 0.25) is 0 Å². The Hall–Kier alpha value is -0.120. The molecule has 15 heavy (non-hydrogen) atoms. The van der Waals surface area contributed by atoms with Crippen molar-refractivity contribution in [2.24, 2.45) is 0 Å². The van der Waals surface area contributed by atoms with Gasteiger partial charge in [-0.25, -0.2) is 0 Å². The summed E-state index contributed by atoms with van der Waals surface area (Å²) in [6.07, 6.45) is 7.18. The summed E-state index contributed by atoms with van der Waals surface area (Å²) < 4.78 is 0. The van der Waals surface area contributed by atoms with E-state index in [1.807, 2.05) is 0 Å². The van der Waals surface area contributed by atoms with E-state index in [1.165, 1.54) is 32.2 Å². The summed E-state index contributed by atoms with van der Waals surface area (Å²) in [5, 5.41) is 13.4.